The lowest BCUT2D eigenvalue weighted by atomic mass is 10.1. The summed E-state index contributed by atoms with van der Waals surface area (Å²) in [5, 5.41) is 18.1. The van der Waals surface area contributed by atoms with E-state index in [2.05, 4.69) is 43.1 Å². The molecule has 0 saturated carbocycles. The highest BCUT2D eigenvalue weighted by Crippen LogP contribution is 2.07. The maximum Gasteiger partial charge on any atom is 0.247 e. The van der Waals surface area contributed by atoms with Gasteiger partial charge in [-0.05, 0) is 35.4 Å². The maximum absolute atomic E-state index is 9.04. The van der Waals surface area contributed by atoms with E-state index in [1.165, 1.54) is 0 Å². The Morgan fingerprint density at radius 3 is 1.66 bits per heavy atom. The van der Waals surface area contributed by atoms with Crippen LogP contribution in [0.1, 0.15) is 22.3 Å². The number of nitriles is 2. The van der Waals surface area contributed by atoms with Gasteiger partial charge >= 0.3 is 0 Å². The van der Waals surface area contributed by atoms with Gasteiger partial charge in [-0.15, -0.1) is 0 Å². The molecule has 0 aliphatic rings. The highest BCUT2D eigenvalue weighted by molar-refractivity contribution is 5.33. The predicted octanol–water partition coefficient (Wildman–Crippen LogP) is 2.21. The molecule has 0 N–H and O–H groups in total. The third kappa shape index (κ3) is 4.58. The first kappa shape index (κ1) is 18.2. The quantitative estimate of drug-likeness (QED) is 0.482. The molecule has 0 saturated heterocycles. The lowest BCUT2D eigenvalue weighted by Crippen LogP contribution is -2.49. The number of hydrogen-bond acceptors (Lipinski definition) is 2. The van der Waals surface area contributed by atoms with E-state index >= 15 is 0 Å². The zero-order valence-corrected chi connectivity index (χ0v) is 15.9. The van der Waals surface area contributed by atoms with Gasteiger partial charge in [-0.3, -0.25) is 0 Å². The Kier molecular flexibility index (Phi) is 5.18. The molecular formula is C23H20N6+2. The number of nitrogens with zero attached hydrogens (tertiary/aromatic N) is 6. The van der Waals surface area contributed by atoms with Gasteiger partial charge in [0.25, 0.3) is 0 Å². The molecule has 0 bridgehead atoms. The van der Waals surface area contributed by atoms with Crippen molar-refractivity contribution in [2.24, 2.45) is 0 Å². The smallest absolute Gasteiger partial charge is 0.233 e. The number of imidazole rings is 2. The normalized spacial score (nSPS) is 10.4. The molecule has 2 heterocycles. The molecule has 4 rings (SSSR count). The van der Waals surface area contributed by atoms with Crippen LogP contribution in [0.2, 0.25) is 0 Å². The van der Waals surface area contributed by atoms with Crippen molar-refractivity contribution in [1.29, 1.82) is 10.5 Å². The van der Waals surface area contributed by atoms with E-state index in [9.17, 15) is 0 Å². The number of benzene rings is 2. The molecule has 0 radical (unpaired) electrons. The topological polar surface area (TPSA) is 65.2 Å². The summed E-state index contributed by atoms with van der Waals surface area (Å²) in [6.45, 7) is 2.16. The molecule has 0 fully saturated rings. The summed E-state index contributed by atoms with van der Waals surface area (Å²) in [7, 11) is 0. The molecule has 140 valence electrons. The fourth-order valence-electron chi connectivity index (χ4n) is 3.32. The van der Waals surface area contributed by atoms with E-state index in [1.54, 1.807) is 0 Å². The fraction of sp³-hybridized carbons (Fsp3) is 0.130. The monoisotopic (exact) mass is 380 g/mol. The molecule has 6 nitrogen and oxygen atoms in total. The standard InChI is InChI=1S/C23H20N6/c24-13-20-3-1-5-22(11-20)15-26-7-9-28(17-26)19-29-10-8-27(18-29)16-23-6-2-4-21(12-23)14-25/h1-12,17-18H,15-16,19H2/q+2. The summed E-state index contributed by atoms with van der Waals surface area (Å²) in [5.74, 6) is 0. The van der Waals surface area contributed by atoms with Crippen LogP contribution in [0.15, 0.2) is 86.0 Å². The molecule has 0 amide bonds. The van der Waals surface area contributed by atoms with Crippen molar-refractivity contribution < 1.29 is 9.13 Å². The largest absolute Gasteiger partial charge is 0.247 e. The second-order valence-corrected chi connectivity index (χ2v) is 6.97. The number of aromatic nitrogens is 4. The zero-order valence-electron chi connectivity index (χ0n) is 15.9. The van der Waals surface area contributed by atoms with Crippen molar-refractivity contribution in [3.8, 4) is 12.1 Å². The van der Waals surface area contributed by atoms with Crippen LogP contribution in [-0.4, -0.2) is 9.13 Å². The first-order valence-electron chi connectivity index (χ1n) is 9.29. The Morgan fingerprint density at radius 1 is 0.724 bits per heavy atom. The van der Waals surface area contributed by atoms with Crippen LogP contribution >= 0.6 is 0 Å². The van der Waals surface area contributed by atoms with Crippen LogP contribution in [0.3, 0.4) is 0 Å². The van der Waals surface area contributed by atoms with Crippen molar-refractivity contribution in [3.05, 3.63) is 108 Å². The summed E-state index contributed by atoms with van der Waals surface area (Å²) in [5.41, 5.74) is 3.56. The van der Waals surface area contributed by atoms with Gasteiger partial charge in [-0.1, -0.05) is 24.3 Å². The predicted molar refractivity (Wildman–Crippen MR) is 105 cm³/mol. The van der Waals surface area contributed by atoms with Gasteiger partial charge in [0.1, 0.15) is 37.9 Å². The molecule has 0 atom stereocenters. The van der Waals surface area contributed by atoms with E-state index in [0.29, 0.717) is 17.8 Å². The van der Waals surface area contributed by atoms with Gasteiger partial charge in [-0.25, -0.2) is 9.13 Å². The Morgan fingerprint density at radius 2 is 1.21 bits per heavy atom. The van der Waals surface area contributed by atoms with Gasteiger partial charge in [0.15, 0.2) is 0 Å². The molecule has 6 heteroatoms. The van der Waals surface area contributed by atoms with Gasteiger partial charge in [0, 0.05) is 0 Å². The average molecular weight is 380 g/mol. The van der Waals surface area contributed by atoms with Crippen molar-refractivity contribution in [1.82, 2.24) is 9.13 Å². The van der Waals surface area contributed by atoms with Gasteiger partial charge in [0.2, 0.25) is 19.3 Å². The summed E-state index contributed by atoms with van der Waals surface area (Å²) in [6.07, 6.45) is 12.2. The molecule has 2 aromatic heterocycles. The van der Waals surface area contributed by atoms with Crippen LogP contribution in [-0.2, 0) is 19.8 Å². The maximum atomic E-state index is 9.04. The van der Waals surface area contributed by atoms with Crippen LogP contribution < -0.4 is 9.13 Å². The first-order valence-corrected chi connectivity index (χ1v) is 9.29. The van der Waals surface area contributed by atoms with E-state index in [1.807, 2.05) is 73.3 Å². The summed E-state index contributed by atoms with van der Waals surface area (Å²) >= 11 is 0. The molecular weight excluding hydrogens is 360 g/mol. The summed E-state index contributed by atoms with van der Waals surface area (Å²) < 4.78 is 8.41. The van der Waals surface area contributed by atoms with E-state index < -0.39 is 0 Å². The van der Waals surface area contributed by atoms with Crippen LogP contribution in [0.5, 0.6) is 0 Å². The molecule has 0 aliphatic heterocycles. The molecule has 2 aromatic carbocycles. The van der Waals surface area contributed by atoms with Gasteiger partial charge in [0.05, 0.1) is 23.3 Å². The highest BCUT2D eigenvalue weighted by atomic mass is 15.2. The minimum absolute atomic E-state index is 0.680. The van der Waals surface area contributed by atoms with Crippen molar-refractivity contribution in [3.63, 3.8) is 0 Å². The van der Waals surface area contributed by atoms with Crippen LogP contribution in [0, 0.1) is 22.7 Å². The Labute approximate surface area is 169 Å². The van der Waals surface area contributed by atoms with Gasteiger partial charge < -0.3 is 0 Å². The van der Waals surface area contributed by atoms with Crippen LogP contribution in [0.25, 0.3) is 0 Å². The average Bonchev–Trinajstić information content (AvgIpc) is 3.38. The zero-order chi connectivity index (χ0) is 20.1. The third-order valence-electron chi connectivity index (χ3n) is 4.66. The molecule has 0 unspecified atom stereocenters. The molecule has 0 aliphatic carbocycles. The number of hydrogen-bond donors (Lipinski definition) is 0. The Bertz CT molecular complexity index is 1120. The van der Waals surface area contributed by atoms with Crippen LogP contribution in [0.4, 0.5) is 0 Å². The number of rotatable bonds is 6. The second kappa shape index (κ2) is 8.24. The van der Waals surface area contributed by atoms with E-state index in [-0.39, 0.29) is 0 Å². The lowest BCUT2D eigenvalue weighted by molar-refractivity contribution is -0.912. The van der Waals surface area contributed by atoms with E-state index in [0.717, 1.165) is 24.2 Å². The second-order valence-electron chi connectivity index (χ2n) is 6.97. The van der Waals surface area contributed by atoms with Gasteiger partial charge in [-0.2, -0.15) is 19.7 Å². The molecule has 29 heavy (non-hydrogen) atoms. The third-order valence-corrected chi connectivity index (χ3v) is 4.66. The SMILES string of the molecule is N#Cc1cccc(Cn2cc[n+](C[n+]3ccn(Cc4cccc(C#N)c4)c3)c2)c1. The Balaban J connectivity index is 1.40. The van der Waals surface area contributed by atoms with E-state index in [4.69, 9.17) is 10.5 Å². The van der Waals surface area contributed by atoms with Crippen molar-refractivity contribution >= 4 is 0 Å². The highest BCUT2D eigenvalue weighted by Gasteiger charge is 2.10. The Hall–Kier alpha value is -4.16. The summed E-state index contributed by atoms with van der Waals surface area (Å²) in [4.78, 5) is 0. The minimum atomic E-state index is 0.680. The minimum Gasteiger partial charge on any atom is -0.233 e. The molecule has 4 aromatic rings. The van der Waals surface area contributed by atoms with Crippen molar-refractivity contribution in [2.75, 3.05) is 0 Å². The fourth-order valence-corrected chi connectivity index (χ4v) is 3.32. The first-order chi connectivity index (χ1) is 14.2. The van der Waals surface area contributed by atoms with Crippen molar-refractivity contribution in [2.45, 2.75) is 19.8 Å². The lowest BCUT2D eigenvalue weighted by Gasteiger charge is -1.98. The summed E-state index contributed by atoms with van der Waals surface area (Å²) in [6, 6.07) is 19.7. The molecule has 0 spiro atoms.